The zero-order valence-electron chi connectivity index (χ0n) is 9.07. The first-order valence-corrected chi connectivity index (χ1v) is 5.41. The summed E-state index contributed by atoms with van der Waals surface area (Å²) in [6, 6.07) is 1.84. The average Bonchev–Trinajstić information content (AvgIpc) is 2.30. The molecular formula is C11H17N3O. The molecule has 2 heterocycles. The minimum absolute atomic E-state index is 0.316. The van der Waals surface area contributed by atoms with Gasteiger partial charge >= 0.3 is 0 Å². The lowest BCUT2D eigenvalue weighted by atomic mass is 9.95. The second-order valence-electron chi connectivity index (χ2n) is 4.11. The highest BCUT2D eigenvalue weighted by Gasteiger charge is 2.32. The molecule has 2 rings (SSSR count). The highest BCUT2D eigenvalue weighted by atomic mass is 16.5. The molecule has 2 N–H and O–H groups in total. The van der Waals surface area contributed by atoms with Gasteiger partial charge in [0.15, 0.2) is 5.82 Å². The molecule has 15 heavy (non-hydrogen) atoms. The van der Waals surface area contributed by atoms with E-state index in [-0.39, 0.29) is 5.60 Å². The van der Waals surface area contributed by atoms with Crippen molar-refractivity contribution in [1.29, 1.82) is 0 Å². The van der Waals surface area contributed by atoms with Crippen molar-refractivity contribution in [2.45, 2.75) is 38.3 Å². The van der Waals surface area contributed by atoms with Gasteiger partial charge in [-0.05, 0) is 32.3 Å². The number of ether oxygens (including phenoxy) is 1. The zero-order valence-corrected chi connectivity index (χ0v) is 9.07. The molecule has 1 aliphatic heterocycles. The van der Waals surface area contributed by atoms with Crippen molar-refractivity contribution in [3.8, 4) is 0 Å². The third-order valence-corrected chi connectivity index (χ3v) is 2.86. The lowest BCUT2D eigenvalue weighted by molar-refractivity contribution is -0.0761. The highest BCUT2D eigenvalue weighted by molar-refractivity contribution is 5.08. The van der Waals surface area contributed by atoms with Crippen LogP contribution in [0, 0.1) is 0 Å². The maximum atomic E-state index is 5.79. The number of hydrogen-bond acceptors (Lipinski definition) is 4. The van der Waals surface area contributed by atoms with E-state index in [9.17, 15) is 0 Å². The zero-order chi connectivity index (χ0) is 10.7. The summed E-state index contributed by atoms with van der Waals surface area (Å²) in [4.78, 5) is 8.72. The molecule has 0 bridgehead atoms. The van der Waals surface area contributed by atoms with Gasteiger partial charge in [0.05, 0.1) is 5.69 Å². The molecular weight excluding hydrogens is 190 g/mol. The Morgan fingerprint density at radius 1 is 1.53 bits per heavy atom. The Bertz CT molecular complexity index is 334. The minimum Gasteiger partial charge on any atom is -0.367 e. The first kappa shape index (κ1) is 10.5. The summed E-state index contributed by atoms with van der Waals surface area (Å²) >= 11 is 0. The summed E-state index contributed by atoms with van der Waals surface area (Å²) in [5.41, 5.74) is 6.11. The van der Waals surface area contributed by atoms with Crippen LogP contribution in [0.4, 0.5) is 0 Å². The minimum atomic E-state index is -0.316. The fourth-order valence-corrected chi connectivity index (χ4v) is 1.87. The van der Waals surface area contributed by atoms with Crippen molar-refractivity contribution in [1.82, 2.24) is 9.97 Å². The summed E-state index contributed by atoms with van der Waals surface area (Å²) in [7, 11) is 0. The van der Waals surface area contributed by atoms with Crippen molar-refractivity contribution in [3.05, 3.63) is 23.8 Å². The van der Waals surface area contributed by atoms with Crippen molar-refractivity contribution in [2.24, 2.45) is 5.73 Å². The van der Waals surface area contributed by atoms with E-state index in [4.69, 9.17) is 10.5 Å². The van der Waals surface area contributed by atoms with Gasteiger partial charge in [-0.2, -0.15) is 0 Å². The van der Waals surface area contributed by atoms with Crippen molar-refractivity contribution in [3.63, 3.8) is 0 Å². The van der Waals surface area contributed by atoms with Crippen LogP contribution < -0.4 is 5.73 Å². The van der Waals surface area contributed by atoms with Crippen LogP contribution in [0.5, 0.6) is 0 Å². The van der Waals surface area contributed by atoms with Gasteiger partial charge in [-0.3, -0.25) is 0 Å². The summed E-state index contributed by atoms with van der Waals surface area (Å²) in [6.07, 6.45) is 5.05. The molecule has 1 aromatic rings. The number of rotatable bonds is 2. The number of aromatic nitrogens is 2. The Balaban J connectivity index is 2.26. The Kier molecular flexibility index (Phi) is 2.98. The summed E-state index contributed by atoms with van der Waals surface area (Å²) in [6.45, 7) is 3.31. The highest BCUT2D eigenvalue weighted by Crippen LogP contribution is 2.32. The molecule has 1 aliphatic rings. The van der Waals surface area contributed by atoms with Gasteiger partial charge < -0.3 is 10.5 Å². The molecule has 4 nitrogen and oxygen atoms in total. The number of hydrogen-bond donors (Lipinski definition) is 1. The second kappa shape index (κ2) is 4.24. The van der Waals surface area contributed by atoms with Crippen LogP contribution in [0.1, 0.15) is 37.7 Å². The van der Waals surface area contributed by atoms with Gasteiger partial charge in [-0.1, -0.05) is 0 Å². The van der Waals surface area contributed by atoms with E-state index >= 15 is 0 Å². The SMILES string of the molecule is CC1(c2nccc(CN)n2)CCCCO1. The maximum absolute atomic E-state index is 5.79. The average molecular weight is 207 g/mol. The third-order valence-electron chi connectivity index (χ3n) is 2.86. The van der Waals surface area contributed by atoms with Crippen LogP contribution in [-0.4, -0.2) is 16.6 Å². The molecule has 82 valence electrons. The van der Waals surface area contributed by atoms with Gasteiger partial charge in [0.25, 0.3) is 0 Å². The Morgan fingerprint density at radius 3 is 3.07 bits per heavy atom. The Labute approximate surface area is 89.9 Å². The van der Waals surface area contributed by atoms with E-state index in [1.165, 1.54) is 6.42 Å². The van der Waals surface area contributed by atoms with Crippen molar-refractivity contribution < 1.29 is 4.74 Å². The van der Waals surface area contributed by atoms with Crippen LogP contribution in [0.15, 0.2) is 12.3 Å². The fraction of sp³-hybridized carbons (Fsp3) is 0.636. The van der Waals surface area contributed by atoms with Gasteiger partial charge in [-0.15, -0.1) is 0 Å². The van der Waals surface area contributed by atoms with Crippen LogP contribution in [0.3, 0.4) is 0 Å². The normalized spacial score (nSPS) is 26.5. The third kappa shape index (κ3) is 2.16. The summed E-state index contributed by atoms with van der Waals surface area (Å²) < 4.78 is 5.79. The quantitative estimate of drug-likeness (QED) is 0.795. The predicted octanol–water partition coefficient (Wildman–Crippen LogP) is 1.35. The van der Waals surface area contributed by atoms with E-state index in [1.807, 2.05) is 6.07 Å². The van der Waals surface area contributed by atoms with E-state index < -0.39 is 0 Å². The maximum Gasteiger partial charge on any atom is 0.160 e. The first-order valence-electron chi connectivity index (χ1n) is 5.41. The molecule has 4 heteroatoms. The van der Waals surface area contributed by atoms with Gasteiger partial charge in [0.1, 0.15) is 5.60 Å². The predicted molar refractivity (Wildman–Crippen MR) is 57.1 cm³/mol. The lowest BCUT2D eigenvalue weighted by Gasteiger charge is -2.32. The van der Waals surface area contributed by atoms with Crippen molar-refractivity contribution in [2.75, 3.05) is 6.61 Å². The van der Waals surface area contributed by atoms with Crippen LogP contribution in [-0.2, 0) is 16.9 Å². The largest absolute Gasteiger partial charge is 0.367 e. The van der Waals surface area contributed by atoms with Gasteiger partial charge in [-0.25, -0.2) is 9.97 Å². The van der Waals surface area contributed by atoms with E-state index in [1.54, 1.807) is 6.20 Å². The molecule has 0 aliphatic carbocycles. The first-order chi connectivity index (χ1) is 7.24. The lowest BCUT2D eigenvalue weighted by Crippen LogP contribution is -2.32. The van der Waals surface area contributed by atoms with Crippen LogP contribution >= 0.6 is 0 Å². The molecule has 1 aromatic heterocycles. The van der Waals surface area contributed by atoms with E-state index in [0.29, 0.717) is 6.54 Å². The fourth-order valence-electron chi connectivity index (χ4n) is 1.87. The van der Waals surface area contributed by atoms with E-state index in [0.717, 1.165) is 31.0 Å². The standard InChI is InChI=1S/C11H17N3O/c1-11(5-2-3-7-15-11)10-13-6-4-9(8-12)14-10/h4,6H,2-3,5,7-8,12H2,1H3. The molecule has 0 aromatic carbocycles. The van der Waals surface area contributed by atoms with Crippen LogP contribution in [0.25, 0.3) is 0 Å². The number of nitrogens with two attached hydrogens (primary N) is 1. The molecule has 1 saturated heterocycles. The molecule has 0 radical (unpaired) electrons. The summed E-state index contributed by atoms with van der Waals surface area (Å²) in [5, 5.41) is 0. The molecule has 0 amide bonds. The molecule has 1 fully saturated rings. The summed E-state index contributed by atoms with van der Waals surface area (Å²) in [5.74, 6) is 0.769. The molecule has 1 unspecified atom stereocenters. The van der Waals surface area contributed by atoms with Gasteiger partial charge in [0, 0.05) is 19.3 Å². The molecule has 1 atom stereocenters. The van der Waals surface area contributed by atoms with E-state index in [2.05, 4.69) is 16.9 Å². The van der Waals surface area contributed by atoms with Crippen LogP contribution in [0.2, 0.25) is 0 Å². The monoisotopic (exact) mass is 207 g/mol. The molecule has 0 saturated carbocycles. The smallest absolute Gasteiger partial charge is 0.160 e. The Hall–Kier alpha value is -1.00. The number of nitrogens with zero attached hydrogens (tertiary/aromatic N) is 2. The Morgan fingerprint density at radius 2 is 2.40 bits per heavy atom. The topological polar surface area (TPSA) is 61.0 Å². The van der Waals surface area contributed by atoms with Gasteiger partial charge in [0.2, 0.25) is 0 Å². The molecule has 0 spiro atoms. The van der Waals surface area contributed by atoms with Crippen molar-refractivity contribution >= 4 is 0 Å². The second-order valence-corrected chi connectivity index (χ2v) is 4.11.